The number of imidazole rings is 1. The van der Waals surface area contributed by atoms with Gasteiger partial charge in [0.25, 0.3) is 0 Å². The molecule has 0 saturated carbocycles. The van der Waals surface area contributed by atoms with Crippen LogP contribution in [-0.4, -0.2) is 42.6 Å². The molecule has 138 valence electrons. The zero-order valence-electron chi connectivity index (χ0n) is 14.5. The van der Waals surface area contributed by atoms with Crippen LogP contribution in [0, 0.1) is 0 Å². The zero-order chi connectivity index (χ0) is 18.8. The number of aromatic amines is 2. The van der Waals surface area contributed by atoms with Gasteiger partial charge in [-0.25, -0.2) is 15.0 Å². The highest BCUT2D eigenvalue weighted by atomic mass is 35.5. The highest BCUT2D eigenvalue weighted by Crippen LogP contribution is 2.26. The number of benzene rings is 1. The van der Waals surface area contributed by atoms with E-state index in [1.807, 2.05) is 31.3 Å². The molecule has 1 amide bonds. The molecule has 0 spiro atoms. The van der Waals surface area contributed by atoms with Crippen LogP contribution < -0.4 is 5.32 Å². The lowest BCUT2D eigenvalue weighted by Crippen LogP contribution is -2.32. The summed E-state index contributed by atoms with van der Waals surface area (Å²) in [6.45, 7) is 2.40. The molecule has 1 unspecified atom stereocenters. The SMILES string of the molecule is CC(Sc1ncnc2nc[nH]c12)C(=O)NCCc1c[nH]c2ccc(Cl)cc12. The molecular weight excluding hydrogens is 384 g/mol. The second-order valence-corrected chi connectivity index (χ2v) is 7.85. The summed E-state index contributed by atoms with van der Waals surface area (Å²) in [5.41, 5.74) is 3.51. The maximum atomic E-state index is 12.4. The van der Waals surface area contributed by atoms with E-state index < -0.39 is 0 Å². The number of carbonyl (C=O) groups excluding carboxylic acids is 1. The van der Waals surface area contributed by atoms with Crippen LogP contribution in [-0.2, 0) is 11.2 Å². The summed E-state index contributed by atoms with van der Waals surface area (Å²) in [7, 11) is 0. The highest BCUT2D eigenvalue weighted by Gasteiger charge is 2.17. The summed E-state index contributed by atoms with van der Waals surface area (Å²) < 4.78 is 0. The first-order valence-corrected chi connectivity index (χ1v) is 9.71. The molecule has 0 saturated heterocycles. The Labute approximate surface area is 164 Å². The lowest BCUT2D eigenvalue weighted by Gasteiger charge is -2.11. The predicted octanol–water partition coefficient (Wildman–Crippen LogP) is 3.33. The molecule has 7 nitrogen and oxygen atoms in total. The number of nitrogens with one attached hydrogen (secondary N) is 3. The average molecular weight is 401 g/mol. The first-order valence-electron chi connectivity index (χ1n) is 8.46. The normalized spacial score (nSPS) is 12.5. The van der Waals surface area contributed by atoms with Gasteiger partial charge in [0.1, 0.15) is 16.9 Å². The number of carbonyl (C=O) groups is 1. The monoisotopic (exact) mass is 400 g/mol. The fourth-order valence-corrected chi connectivity index (χ4v) is 3.95. The molecule has 0 aliphatic heterocycles. The summed E-state index contributed by atoms with van der Waals surface area (Å²) in [5.74, 6) is -0.0378. The quantitative estimate of drug-likeness (QED) is 0.340. The number of hydrogen-bond donors (Lipinski definition) is 3. The Kier molecular flexibility index (Phi) is 5.00. The van der Waals surface area contributed by atoms with Crippen LogP contribution in [0.1, 0.15) is 12.5 Å². The van der Waals surface area contributed by atoms with Crippen molar-refractivity contribution in [2.45, 2.75) is 23.6 Å². The number of thioether (sulfide) groups is 1. The molecule has 0 radical (unpaired) electrons. The van der Waals surface area contributed by atoms with Crippen molar-refractivity contribution in [3.63, 3.8) is 0 Å². The van der Waals surface area contributed by atoms with E-state index in [4.69, 9.17) is 11.6 Å². The van der Waals surface area contributed by atoms with E-state index in [0.717, 1.165) is 28.4 Å². The van der Waals surface area contributed by atoms with Crippen molar-refractivity contribution in [3.8, 4) is 0 Å². The molecule has 1 aromatic carbocycles. The molecule has 3 N–H and O–H groups in total. The van der Waals surface area contributed by atoms with E-state index in [0.29, 0.717) is 22.2 Å². The third-order valence-corrected chi connectivity index (χ3v) is 5.60. The van der Waals surface area contributed by atoms with Crippen LogP contribution in [0.5, 0.6) is 0 Å². The molecule has 3 aromatic heterocycles. The Morgan fingerprint density at radius 3 is 3.07 bits per heavy atom. The van der Waals surface area contributed by atoms with Crippen LogP contribution in [0.25, 0.3) is 22.1 Å². The molecule has 0 aliphatic rings. The maximum Gasteiger partial charge on any atom is 0.233 e. The van der Waals surface area contributed by atoms with E-state index in [9.17, 15) is 4.79 Å². The third kappa shape index (κ3) is 3.77. The van der Waals surface area contributed by atoms with Gasteiger partial charge in [0.15, 0.2) is 5.65 Å². The van der Waals surface area contributed by atoms with Gasteiger partial charge < -0.3 is 15.3 Å². The van der Waals surface area contributed by atoms with Gasteiger partial charge in [0.2, 0.25) is 5.91 Å². The van der Waals surface area contributed by atoms with Crippen LogP contribution in [0.15, 0.2) is 42.1 Å². The van der Waals surface area contributed by atoms with E-state index >= 15 is 0 Å². The maximum absolute atomic E-state index is 12.4. The van der Waals surface area contributed by atoms with Gasteiger partial charge in [-0.15, -0.1) is 0 Å². The fraction of sp³-hybridized carbons (Fsp3) is 0.222. The largest absolute Gasteiger partial charge is 0.361 e. The van der Waals surface area contributed by atoms with Gasteiger partial charge in [-0.05, 0) is 37.1 Å². The summed E-state index contributed by atoms with van der Waals surface area (Å²) in [6, 6.07) is 5.75. The second-order valence-electron chi connectivity index (χ2n) is 6.08. The molecule has 27 heavy (non-hydrogen) atoms. The van der Waals surface area contributed by atoms with E-state index in [1.54, 1.807) is 6.33 Å². The Balaban J connectivity index is 1.36. The number of amides is 1. The molecular formula is C18H17ClN6OS. The van der Waals surface area contributed by atoms with Gasteiger partial charge in [0.05, 0.1) is 11.6 Å². The number of nitrogens with zero attached hydrogens (tertiary/aromatic N) is 3. The molecule has 0 bridgehead atoms. The van der Waals surface area contributed by atoms with Gasteiger partial charge >= 0.3 is 0 Å². The van der Waals surface area contributed by atoms with Crippen molar-refractivity contribution < 1.29 is 4.79 Å². The Bertz CT molecular complexity index is 1110. The number of H-pyrrole nitrogens is 2. The van der Waals surface area contributed by atoms with Crippen molar-refractivity contribution in [1.29, 1.82) is 0 Å². The van der Waals surface area contributed by atoms with Crippen molar-refractivity contribution in [1.82, 2.24) is 30.2 Å². The van der Waals surface area contributed by atoms with Crippen LogP contribution >= 0.6 is 23.4 Å². The van der Waals surface area contributed by atoms with Crippen molar-refractivity contribution in [3.05, 3.63) is 47.6 Å². The van der Waals surface area contributed by atoms with Gasteiger partial charge in [0, 0.05) is 28.7 Å². The topological polar surface area (TPSA) is 99.3 Å². The minimum Gasteiger partial charge on any atom is -0.361 e. The Morgan fingerprint density at radius 2 is 2.19 bits per heavy atom. The minimum absolute atomic E-state index is 0.0378. The summed E-state index contributed by atoms with van der Waals surface area (Å²) in [4.78, 5) is 31.1. The number of halogens is 1. The summed E-state index contributed by atoms with van der Waals surface area (Å²) in [5, 5.41) is 5.20. The van der Waals surface area contributed by atoms with Crippen molar-refractivity contribution >= 4 is 51.3 Å². The van der Waals surface area contributed by atoms with Gasteiger partial charge in [-0.2, -0.15) is 0 Å². The van der Waals surface area contributed by atoms with Crippen LogP contribution in [0.4, 0.5) is 0 Å². The molecule has 9 heteroatoms. The zero-order valence-corrected chi connectivity index (χ0v) is 16.1. The molecule has 0 aliphatic carbocycles. The van der Waals surface area contributed by atoms with E-state index in [2.05, 4.69) is 30.2 Å². The lowest BCUT2D eigenvalue weighted by atomic mass is 10.1. The standard InChI is InChI=1S/C18H17ClN6OS/c1-10(27-18-15-16(23-8-22-15)24-9-25-18)17(26)20-5-4-11-7-21-14-3-2-12(19)6-13(11)14/h2-3,6-10,21H,4-5H2,1H3,(H,20,26)(H,22,23,24,25). The molecule has 3 heterocycles. The van der Waals surface area contributed by atoms with Crippen LogP contribution in [0.3, 0.4) is 0 Å². The first-order chi connectivity index (χ1) is 13.1. The molecule has 1 atom stereocenters. The van der Waals surface area contributed by atoms with E-state index in [-0.39, 0.29) is 11.2 Å². The van der Waals surface area contributed by atoms with Crippen molar-refractivity contribution in [2.75, 3.05) is 6.54 Å². The number of aromatic nitrogens is 5. The molecule has 0 fully saturated rings. The first kappa shape index (κ1) is 17.8. The fourth-order valence-electron chi connectivity index (χ4n) is 2.87. The molecule has 4 aromatic rings. The van der Waals surface area contributed by atoms with E-state index in [1.165, 1.54) is 18.1 Å². The smallest absolute Gasteiger partial charge is 0.233 e. The van der Waals surface area contributed by atoms with Crippen LogP contribution in [0.2, 0.25) is 5.02 Å². The summed E-state index contributed by atoms with van der Waals surface area (Å²) >= 11 is 7.46. The van der Waals surface area contributed by atoms with Gasteiger partial charge in [-0.1, -0.05) is 23.4 Å². The summed E-state index contributed by atoms with van der Waals surface area (Å²) in [6.07, 6.45) is 5.71. The number of fused-ring (bicyclic) bond motifs is 2. The minimum atomic E-state index is -0.288. The number of hydrogen-bond acceptors (Lipinski definition) is 5. The third-order valence-electron chi connectivity index (χ3n) is 4.27. The van der Waals surface area contributed by atoms with Crippen molar-refractivity contribution in [2.24, 2.45) is 0 Å². The lowest BCUT2D eigenvalue weighted by molar-refractivity contribution is -0.120. The average Bonchev–Trinajstić information content (AvgIpc) is 3.29. The van der Waals surface area contributed by atoms with Gasteiger partial charge in [-0.3, -0.25) is 4.79 Å². The molecule has 4 rings (SSSR count). The predicted molar refractivity (Wildman–Crippen MR) is 107 cm³/mol. The Morgan fingerprint density at radius 1 is 1.30 bits per heavy atom. The Hall–Kier alpha value is -2.58. The number of rotatable bonds is 6. The highest BCUT2D eigenvalue weighted by molar-refractivity contribution is 8.00. The second kappa shape index (κ2) is 7.58.